The maximum atomic E-state index is 13.9. The molecule has 8 heteroatoms. The summed E-state index contributed by atoms with van der Waals surface area (Å²) >= 11 is 0. The van der Waals surface area contributed by atoms with Crippen LogP contribution >= 0.6 is 0 Å². The van der Waals surface area contributed by atoms with Gasteiger partial charge in [-0.2, -0.15) is 5.10 Å². The summed E-state index contributed by atoms with van der Waals surface area (Å²) in [5, 5.41) is 15.0. The first kappa shape index (κ1) is 17.8. The fourth-order valence-electron chi connectivity index (χ4n) is 2.65. The number of hydrogen-bond acceptors (Lipinski definition) is 4. The number of nitrogens with one attached hydrogen (secondary N) is 1. The summed E-state index contributed by atoms with van der Waals surface area (Å²) in [7, 11) is 0. The van der Waals surface area contributed by atoms with Crippen molar-refractivity contribution in [2.45, 2.75) is 32.9 Å². The summed E-state index contributed by atoms with van der Waals surface area (Å²) in [4.78, 5) is 12.2. The number of aromatic nitrogens is 5. The van der Waals surface area contributed by atoms with Crippen molar-refractivity contribution >= 4 is 5.91 Å². The lowest BCUT2D eigenvalue weighted by Crippen LogP contribution is -2.25. The topological polar surface area (TPSA) is 77.6 Å². The highest BCUT2D eigenvalue weighted by Gasteiger charge is 2.16. The molecule has 0 aliphatic rings. The highest BCUT2D eigenvalue weighted by Crippen LogP contribution is 2.19. The van der Waals surface area contributed by atoms with E-state index in [0.29, 0.717) is 12.1 Å². The van der Waals surface area contributed by atoms with Crippen LogP contribution in [-0.4, -0.2) is 37.2 Å². The number of nitrogens with zero attached hydrogens (tertiary/aromatic N) is 5. The highest BCUT2D eigenvalue weighted by molar-refractivity contribution is 5.91. The van der Waals surface area contributed by atoms with Gasteiger partial charge in [-0.05, 0) is 32.4 Å². The van der Waals surface area contributed by atoms with E-state index in [0.717, 1.165) is 18.7 Å². The summed E-state index contributed by atoms with van der Waals surface area (Å²) in [6.45, 7) is 4.98. The molecular weight excluding hydrogens is 335 g/mol. The molecular formula is C18H21FN6O. The summed E-state index contributed by atoms with van der Waals surface area (Å²) in [6.07, 6.45) is 4.20. The Labute approximate surface area is 150 Å². The normalized spacial score (nSPS) is 12.1. The zero-order valence-corrected chi connectivity index (χ0v) is 14.8. The first-order valence-corrected chi connectivity index (χ1v) is 8.49. The molecule has 26 heavy (non-hydrogen) atoms. The molecule has 0 spiro atoms. The van der Waals surface area contributed by atoms with Gasteiger partial charge in [-0.3, -0.25) is 9.48 Å². The van der Waals surface area contributed by atoms with E-state index in [-0.39, 0.29) is 23.5 Å². The molecule has 0 fully saturated rings. The predicted molar refractivity (Wildman–Crippen MR) is 94.1 cm³/mol. The van der Waals surface area contributed by atoms with Gasteiger partial charge in [0, 0.05) is 24.8 Å². The van der Waals surface area contributed by atoms with Gasteiger partial charge in [-0.1, -0.05) is 23.4 Å². The van der Waals surface area contributed by atoms with Gasteiger partial charge < -0.3 is 5.32 Å². The van der Waals surface area contributed by atoms with Gasteiger partial charge in [0.15, 0.2) is 5.69 Å². The average molecular weight is 356 g/mol. The lowest BCUT2D eigenvalue weighted by atomic mass is 10.1. The van der Waals surface area contributed by atoms with Crippen molar-refractivity contribution in [2.75, 3.05) is 6.54 Å². The molecule has 1 aromatic carbocycles. The minimum Gasteiger partial charge on any atom is -0.351 e. The molecule has 3 rings (SSSR count). The smallest absolute Gasteiger partial charge is 0.273 e. The molecule has 136 valence electrons. The number of benzene rings is 1. The number of aryl methyl sites for hydroxylation is 2. The molecule has 2 heterocycles. The Morgan fingerprint density at radius 1 is 1.31 bits per heavy atom. The van der Waals surface area contributed by atoms with Crippen LogP contribution in [0.2, 0.25) is 0 Å². The Morgan fingerprint density at radius 3 is 2.85 bits per heavy atom. The van der Waals surface area contributed by atoms with E-state index in [1.807, 2.05) is 23.9 Å². The van der Waals surface area contributed by atoms with Gasteiger partial charge in [0.1, 0.15) is 5.82 Å². The molecule has 1 atom stereocenters. The van der Waals surface area contributed by atoms with Gasteiger partial charge in [-0.25, -0.2) is 9.07 Å². The minimum absolute atomic E-state index is 0.211. The van der Waals surface area contributed by atoms with E-state index < -0.39 is 0 Å². The Bertz CT molecular complexity index is 887. The fraction of sp³-hybridized carbons (Fsp3) is 0.333. The van der Waals surface area contributed by atoms with Gasteiger partial charge in [0.25, 0.3) is 5.91 Å². The summed E-state index contributed by atoms with van der Waals surface area (Å²) in [5.41, 5.74) is 1.68. The first-order chi connectivity index (χ1) is 12.5. The molecule has 1 unspecified atom stereocenters. The van der Waals surface area contributed by atoms with Gasteiger partial charge in [0.2, 0.25) is 0 Å². The van der Waals surface area contributed by atoms with Gasteiger partial charge in [0.05, 0.1) is 17.9 Å². The van der Waals surface area contributed by atoms with Crippen LogP contribution in [-0.2, 0) is 6.54 Å². The third-order valence-corrected chi connectivity index (χ3v) is 4.12. The number of rotatable bonds is 7. The van der Waals surface area contributed by atoms with Crippen molar-refractivity contribution < 1.29 is 9.18 Å². The second-order valence-corrected chi connectivity index (χ2v) is 6.11. The standard InChI is InChI=1S/C18H21FN6O/c1-13-8-11-24(22-13)10-5-9-20-18(26)17-12-25(23-21-17)14(2)15-6-3-4-7-16(15)19/h3-4,6-8,11-12,14H,5,9-10H2,1-2H3,(H,20,26). The van der Waals surface area contributed by atoms with E-state index in [9.17, 15) is 9.18 Å². The highest BCUT2D eigenvalue weighted by atomic mass is 19.1. The number of hydrogen-bond donors (Lipinski definition) is 1. The largest absolute Gasteiger partial charge is 0.351 e. The summed E-state index contributed by atoms with van der Waals surface area (Å²) in [5.74, 6) is -0.607. The zero-order valence-electron chi connectivity index (χ0n) is 14.8. The van der Waals surface area contributed by atoms with Gasteiger partial charge in [-0.15, -0.1) is 5.10 Å². The lowest BCUT2D eigenvalue weighted by molar-refractivity contribution is 0.0947. The summed E-state index contributed by atoms with van der Waals surface area (Å²) in [6, 6.07) is 8.08. The van der Waals surface area contributed by atoms with E-state index in [1.54, 1.807) is 25.1 Å². The van der Waals surface area contributed by atoms with E-state index in [1.165, 1.54) is 16.9 Å². The molecule has 0 saturated carbocycles. The number of carbonyl (C=O) groups excluding carboxylic acids is 1. The zero-order chi connectivity index (χ0) is 18.5. The molecule has 0 aliphatic heterocycles. The van der Waals surface area contributed by atoms with Crippen LogP contribution in [0.25, 0.3) is 0 Å². The van der Waals surface area contributed by atoms with Crippen molar-refractivity contribution in [3.05, 3.63) is 65.5 Å². The molecule has 7 nitrogen and oxygen atoms in total. The van der Waals surface area contributed by atoms with Gasteiger partial charge >= 0.3 is 0 Å². The average Bonchev–Trinajstić information content (AvgIpc) is 3.28. The van der Waals surface area contributed by atoms with Crippen molar-refractivity contribution in [1.82, 2.24) is 30.1 Å². The maximum Gasteiger partial charge on any atom is 0.273 e. The molecule has 2 aromatic heterocycles. The van der Waals surface area contributed by atoms with Crippen molar-refractivity contribution in [3.63, 3.8) is 0 Å². The molecule has 0 bridgehead atoms. The van der Waals surface area contributed by atoms with Crippen LogP contribution in [0.15, 0.2) is 42.7 Å². The van der Waals surface area contributed by atoms with Crippen LogP contribution in [0.4, 0.5) is 4.39 Å². The minimum atomic E-state index is -0.353. The third kappa shape index (κ3) is 4.14. The van der Waals surface area contributed by atoms with Crippen molar-refractivity contribution in [2.24, 2.45) is 0 Å². The predicted octanol–water partition coefficient (Wildman–Crippen LogP) is 2.35. The van der Waals surface area contributed by atoms with E-state index in [2.05, 4.69) is 20.7 Å². The van der Waals surface area contributed by atoms with Crippen LogP contribution in [0.3, 0.4) is 0 Å². The van der Waals surface area contributed by atoms with Crippen molar-refractivity contribution in [1.29, 1.82) is 0 Å². The fourth-order valence-corrected chi connectivity index (χ4v) is 2.65. The second kappa shape index (κ2) is 7.90. The Hall–Kier alpha value is -3.03. The van der Waals surface area contributed by atoms with Crippen LogP contribution in [0.1, 0.15) is 41.1 Å². The Balaban J connectivity index is 1.53. The number of halogens is 1. The monoisotopic (exact) mass is 356 g/mol. The number of carbonyl (C=O) groups is 1. The van der Waals surface area contributed by atoms with Crippen LogP contribution < -0.4 is 5.32 Å². The molecule has 0 saturated heterocycles. The molecule has 0 radical (unpaired) electrons. The second-order valence-electron chi connectivity index (χ2n) is 6.11. The van der Waals surface area contributed by atoms with Crippen LogP contribution in [0.5, 0.6) is 0 Å². The van der Waals surface area contributed by atoms with Crippen LogP contribution in [0, 0.1) is 12.7 Å². The first-order valence-electron chi connectivity index (χ1n) is 8.49. The van der Waals surface area contributed by atoms with Crippen molar-refractivity contribution in [3.8, 4) is 0 Å². The molecule has 3 aromatic rings. The van der Waals surface area contributed by atoms with E-state index >= 15 is 0 Å². The van der Waals surface area contributed by atoms with E-state index in [4.69, 9.17) is 0 Å². The Morgan fingerprint density at radius 2 is 2.12 bits per heavy atom. The Kier molecular flexibility index (Phi) is 5.40. The molecule has 1 N–H and O–H groups in total. The maximum absolute atomic E-state index is 13.9. The quantitative estimate of drug-likeness (QED) is 0.659. The lowest BCUT2D eigenvalue weighted by Gasteiger charge is -2.12. The SMILES string of the molecule is Cc1ccn(CCCNC(=O)c2cn(C(C)c3ccccc3F)nn2)n1. The summed E-state index contributed by atoms with van der Waals surface area (Å²) < 4.78 is 17.2. The number of amides is 1. The molecule has 1 amide bonds. The third-order valence-electron chi connectivity index (χ3n) is 4.12. The molecule has 0 aliphatic carbocycles.